The number of carbonyl (C=O) groups is 1. The largest absolute Gasteiger partial charge is 0.393 e. The zero-order chi connectivity index (χ0) is 22.8. The Morgan fingerprint density at radius 1 is 1.16 bits per heavy atom. The molecule has 0 spiro atoms. The Morgan fingerprint density at radius 2 is 1.91 bits per heavy atom. The van der Waals surface area contributed by atoms with E-state index in [1.54, 1.807) is 31.6 Å². The number of aliphatic hydroxyl groups excluding tert-OH is 1. The van der Waals surface area contributed by atoms with Gasteiger partial charge in [-0.1, -0.05) is 17.7 Å². The summed E-state index contributed by atoms with van der Waals surface area (Å²) in [6.45, 7) is 5.99. The summed E-state index contributed by atoms with van der Waals surface area (Å²) >= 11 is 6.11. The van der Waals surface area contributed by atoms with Gasteiger partial charge in [-0.15, -0.1) is 0 Å². The van der Waals surface area contributed by atoms with Gasteiger partial charge < -0.3 is 15.7 Å². The van der Waals surface area contributed by atoms with Crippen LogP contribution in [-0.4, -0.2) is 43.6 Å². The molecule has 1 unspecified atom stereocenters. The third-order valence-electron chi connectivity index (χ3n) is 5.73. The summed E-state index contributed by atoms with van der Waals surface area (Å²) in [7, 11) is 0. The number of rotatable bonds is 6. The van der Waals surface area contributed by atoms with E-state index in [4.69, 9.17) is 11.6 Å². The minimum Gasteiger partial charge on any atom is -0.393 e. The van der Waals surface area contributed by atoms with Gasteiger partial charge in [-0.2, -0.15) is 0 Å². The van der Waals surface area contributed by atoms with Gasteiger partial charge in [-0.3, -0.25) is 4.79 Å². The summed E-state index contributed by atoms with van der Waals surface area (Å²) in [4.78, 5) is 30.1. The molecule has 3 aromatic rings. The van der Waals surface area contributed by atoms with Crippen molar-refractivity contribution in [3.05, 3.63) is 65.0 Å². The Hall–Kier alpha value is -3.10. The van der Waals surface area contributed by atoms with Gasteiger partial charge in [0.2, 0.25) is 11.9 Å². The topological polar surface area (TPSA) is 113 Å². The Kier molecular flexibility index (Phi) is 6.34. The normalized spacial score (nSPS) is 20.0. The fourth-order valence-corrected chi connectivity index (χ4v) is 3.97. The van der Waals surface area contributed by atoms with Crippen LogP contribution in [0.15, 0.2) is 42.9 Å². The Balaban J connectivity index is 1.49. The second-order valence-electron chi connectivity index (χ2n) is 8.09. The smallest absolute Gasteiger partial charge is 0.229 e. The number of anilines is 1. The van der Waals surface area contributed by atoms with E-state index in [2.05, 4.69) is 30.6 Å². The molecule has 0 saturated carbocycles. The summed E-state index contributed by atoms with van der Waals surface area (Å²) in [6.07, 6.45) is 4.53. The lowest BCUT2D eigenvalue weighted by molar-refractivity contribution is -0.121. The molecule has 1 amide bonds. The molecule has 3 N–H and O–H groups in total. The zero-order valence-electron chi connectivity index (χ0n) is 18.1. The zero-order valence-corrected chi connectivity index (χ0v) is 18.8. The van der Waals surface area contributed by atoms with Crippen LogP contribution in [0.2, 0.25) is 5.02 Å². The molecule has 1 aliphatic rings. The van der Waals surface area contributed by atoms with E-state index in [1.165, 1.54) is 0 Å². The Morgan fingerprint density at radius 3 is 2.59 bits per heavy atom. The van der Waals surface area contributed by atoms with Gasteiger partial charge in [0.15, 0.2) is 0 Å². The highest BCUT2D eigenvalue weighted by atomic mass is 35.5. The first-order chi connectivity index (χ1) is 15.3. The van der Waals surface area contributed by atoms with E-state index in [-0.39, 0.29) is 17.9 Å². The quantitative estimate of drug-likeness (QED) is 0.526. The second-order valence-corrected chi connectivity index (χ2v) is 8.50. The van der Waals surface area contributed by atoms with Gasteiger partial charge in [0.1, 0.15) is 5.82 Å². The molecule has 0 bridgehead atoms. The van der Waals surface area contributed by atoms with Gasteiger partial charge in [0, 0.05) is 41.6 Å². The number of amides is 1. The monoisotopic (exact) mass is 452 g/mol. The van der Waals surface area contributed by atoms with Crippen molar-refractivity contribution in [2.75, 3.05) is 11.9 Å². The summed E-state index contributed by atoms with van der Waals surface area (Å²) in [5, 5.41) is 16.7. The van der Waals surface area contributed by atoms with Crippen LogP contribution >= 0.6 is 11.6 Å². The van der Waals surface area contributed by atoms with Gasteiger partial charge in [-0.25, -0.2) is 19.9 Å². The van der Waals surface area contributed by atoms with Crippen LogP contribution in [0.5, 0.6) is 0 Å². The van der Waals surface area contributed by atoms with E-state index < -0.39 is 12.0 Å². The van der Waals surface area contributed by atoms with Gasteiger partial charge in [-0.05, 0) is 50.1 Å². The molecule has 1 aliphatic heterocycles. The maximum atomic E-state index is 12.3. The van der Waals surface area contributed by atoms with E-state index >= 15 is 0 Å². The van der Waals surface area contributed by atoms with E-state index in [9.17, 15) is 9.90 Å². The predicted molar refractivity (Wildman–Crippen MR) is 122 cm³/mol. The second kappa shape index (κ2) is 9.18. The summed E-state index contributed by atoms with van der Waals surface area (Å²) in [5.74, 6) is 0.0983. The number of halogens is 1. The maximum Gasteiger partial charge on any atom is 0.229 e. The van der Waals surface area contributed by atoms with Crippen LogP contribution in [0, 0.1) is 12.8 Å². The first-order valence-corrected chi connectivity index (χ1v) is 10.8. The molecule has 9 heteroatoms. The van der Waals surface area contributed by atoms with Crippen LogP contribution < -0.4 is 10.6 Å². The summed E-state index contributed by atoms with van der Waals surface area (Å²) in [5.41, 5.74) is 3.46. The van der Waals surface area contributed by atoms with E-state index in [0.717, 1.165) is 21.7 Å². The lowest BCUT2D eigenvalue weighted by Gasteiger charge is -2.19. The molecular formula is C23H25ClN6O2. The molecule has 0 aliphatic carbocycles. The van der Waals surface area contributed by atoms with Crippen molar-refractivity contribution < 1.29 is 9.90 Å². The number of carbonyl (C=O) groups excluding carboxylic acids is 1. The first-order valence-electron chi connectivity index (χ1n) is 10.5. The average Bonchev–Trinajstić information content (AvgIpc) is 3.18. The minimum absolute atomic E-state index is 0.134. The number of nitrogens with zero attached hydrogens (tertiary/aromatic N) is 4. The fourth-order valence-electron chi connectivity index (χ4n) is 3.85. The molecule has 8 nitrogen and oxygen atoms in total. The number of hydrogen-bond donors (Lipinski definition) is 3. The highest BCUT2D eigenvalue weighted by Gasteiger charge is 2.39. The fraction of sp³-hybridized carbons (Fsp3) is 0.348. The standard InChI is InChI=1S/C23H25ClN6O2/c1-12-8-15(4-5-18(12)24)16-9-26-21(27-10-16)13(2)29-23-25-7-6-19(30-23)20-17(14(3)31)11-28-22(20)32/h4-10,13-14,17,20,31H,11H2,1-3H3,(H,28,32)(H,25,29,30)/t13-,14+,17?,20+/m0/s1. The number of aromatic nitrogens is 4. The van der Waals surface area contributed by atoms with Crippen molar-refractivity contribution in [2.24, 2.45) is 5.92 Å². The molecule has 1 fully saturated rings. The van der Waals surface area contributed by atoms with Gasteiger partial charge in [0.25, 0.3) is 0 Å². The van der Waals surface area contributed by atoms with Crippen molar-refractivity contribution in [3.8, 4) is 11.1 Å². The van der Waals surface area contributed by atoms with Crippen molar-refractivity contribution in [3.63, 3.8) is 0 Å². The molecular weight excluding hydrogens is 428 g/mol. The first kappa shape index (κ1) is 22.1. The van der Waals surface area contributed by atoms with Crippen LogP contribution in [-0.2, 0) is 4.79 Å². The van der Waals surface area contributed by atoms with Crippen molar-refractivity contribution in [1.29, 1.82) is 0 Å². The molecule has 3 heterocycles. The van der Waals surface area contributed by atoms with E-state index in [1.807, 2.05) is 32.0 Å². The number of aliphatic hydroxyl groups is 1. The van der Waals surface area contributed by atoms with Crippen molar-refractivity contribution in [1.82, 2.24) is 25.3 Å². The molecule has 4 atom stereocenters. The number of aryl methyl sites for hydroxylation is 1. The molecule has 2 aromatic heterocycles. The number of nitrogens with one attached hydrogen (secondary N) is 2. The molecule has 1 saturated heterocycles. The van der Waals surface area contributed by atoms with Gasteiger partial charge >= 0.3 is 0 Å². The van der Waals surface area contributed by atoms with Crippen LogP contribution in [0.1, 0.15) is 42.9 Å². The Bertz CT molecular complexity index is 1120. The lowest BCUT2D eigenvalue weighted by Crippen LogP contribution is -2.25. The average molecular weight is 453 g/mol. The SMILES string of the molecule is Cc1cc(-c2cnc([C@H](C)Nc3nccc([C@@H]4C(=O)NCC4[C@@H](C)O)n3)nc2)ccc1Cl. The van der Waals surface area contributed by atoms with E-state index in [0.29, 0.717) is 24.0 Å². The lowest BCUT2D eigenvalue weighted by atomic mass is 9.88. The summed E-state index contributed by atoms with van der Waals surface area (Å²) < 4.78 is 0. The third kappa shape index (κ3) is 4.56. The number of benzene rings is 1. The maximum absolute atomic E-state index is 12.3. The molecule has 0 radical (unpaired) electrons. The van der Waals surface area contributed by atoms with Crippen molar-refractivity contribution in [2.45, 2.75) is 38.8 Å². The van der Waals surface area contributed by atoms with Crippen LogP contribution in [0.4, 0.5) is 5.95 Å². The Labute approximate surface area is 191 Å². The summed E-state index contributed by atoms with van der Waals surface area (Å²) in [6, 6.07) is 7.26. The number of hydrogen-bond acceptors (Lipinski definition) is 7. The minimum atomic E-state index is -0.624. The molecule has 1 aromatic carbocycles. The highest BCUT2D eigenvalue weighted by molar-refractivity contribution is 6.31. The highest BCUT2D eigenvalue weighted by Crippen LogP contribution is 2.31. The molecule has 166 valence electrons. The van der Waals surface area contributed by atoms with Gasteiger partial charge in [0.05, 0.1) is 23.8 Å². The van der Waals surface area contributed by atoms with Crippen LogP contribution in [0.3, 0.4) is 0 Å². The van der Waals surface area contributed by atoms with Crippen LogP contribution in [0.25, 0.3) is 11.1 Å². The molecule has 4 rings (SSSR count). The predicted octanol–water partition coefficient (Wildman–Crippen LogP) is 3.28. The van der Waals surface area contributed by atoms with Crippen molar-refractivity contribution >= 4 is 23.5 Å². The third-order valence-corrected chi connectivity index (χ3v) is 6.16. The molecule has 32 heavy (non-hydrogen) atoms.